The van der Waals surface area contributed by atoms with Crippen molar-refractivity contribution in [1.29, 1.82) is 0 Å². The Morgan fingerprint density at radius 2 is 1.83 bits per heavy atom. The monoisotopic (exact) mass is 328 g/mol. The first kappa shape index (κ1) is 16.8. The molecule has 0 spiro atoms. The molecule has 2 fully saturated rings. The summed E-state index contributed by atoms with van der Waals surface area (Å²) in [6.07, 6.45) is 5.82. The van der Waals surface area contributed by atoms with Crippen LogP contribution in [-0.4, -0.2) is 38.5 Å². The van der Waals surface area contributed by atoms with Crippen molar-refractivity contribution in [2.24, 2.45) is 10.9 Å². The van der Waals surface area contributed by atoms with Crippen LogP contribution in [0.25, 0.3) is 0 Å². The van der Waals surface area contributed by atoms with Gasteiger partial charge in [0.2, 0.25) is 5.91 Å². The van der Waals surface area contributed by atoms with Crippen molar-refractivity contribution in [2.75, 3.05) is 26.7 Å². The van der Waals surface area contributed by atoms with Crippen LogP contribution < -0.4 is 16.0 Å². The second-order valence-corrected chi connectivity index (χ2v) is 6.92. The van der Waals surface area contributed by atoms with Gasteiger partial charge in [0.1, 0.15) is 0 Å². The van der Waals surface area contributed by atoms with E-state index in [2.05, 4.69) is 51.3 Å². The fourth-order valence-corrected chi connectivity index (χ4v) is 3.29. The Bertz CT molecular complexity index is 576. The number of aliphatic imine (C=N–C) groups is 1. The van der Waals surface area contributed by atoms with Crippen molar-refractivity contribution in [3.05, 3.63) is 35.9 Å². The van der Waals surface area contributed by atoms with Crippen LogP contribution in [0.15, 0.2) is 35.3 Å². The Morgan fingerprint density at radius 1 is 1.12 bits per heavy atom. The van der Waals surface area contributed by atoms with Crippen LogP contribution in [0, 0.1) is 5.92 Å². The van der Waals surface area contributed by atoms with Gasteiger partial charge in [-0.2, -0.15) is 0 Å². The molecule has 2 aliphatic rings. The average molecular weight is 328 g/mol. The summed E-state index contributed by atoms with van der Waals surface area (Å²) in [5.41, 5.74) is 1.65. The summed E-state index contributed by atoms with van der Waals surface area (Å²) in [5.74, 6) is 1.27. The molecule has 5 heteroatoms. The van der Waals surface area contributed by atoms with E-state index in [1.54, 1.807) is 7.05 Å². The average Bonchev–Trinajstić information content (AvgIpc) is 3.41. The fraction of sp³-hybridized carbons (Fsp3) is 0.579. The first-order valence-electron chi connectivity index (χ1n) is 9.01. The first-order chi connectivity index (χ1) is 11.7. The van der Waals surface area contributed by atoms with E-state index < -0.39 is 0 Å². The molecular weight excluding hydrogens is 300 g/mol. The lowest BCUT2D eigenvalue weighted by Gasteiger charge is -2.43. The van der Waals surface area contributed by atoms with Crippen LogP contribution in [0.2, 0.25) is 0 Å². The Labute approximate surface area is 144 Å². The Kier molecular flexibility index (Phi) is 5.38. The second-order valence-electron chi connectivity index (χ2n) is 6.92. The third kappa shape index (κ3) is 4.08. The van der Waals surface area contributed by atoms with Crippen molar-refractivity contribution in [2.45, 2.75) is 37.5 Å². The summed E-state index contributed by atoms with van der Waals surface area (Å²) in [6, 6.07) is 10.8. The predicted molar refractivity (Wildman–Crippen MR) is 97.1 cm³/mol. The Balaban J connectivity index is 1.42. The standard InChI is InChI=1S/C19H28N4O/c1-20-18(22-13-12-21-17(24)15-8-9-15)23-14-19(10-5-11-19)16-6-3-2-4-7-16/h2-4,6-7,15H,5,8-14H2,1H3,(H,21,24)(H2,20,22,23). The minimum Gasteiger partial charge on any atom is -0.356 e. The molecule has 0 saturated heterocycles. The van der Waals surface area contributed by atoms with Crippen LogP contribution in [-0.2, 0) is 10.2 Å². The topological polar surface area (TPSA) is 65.5 Å². The Morgan fingerprint density at radius 3 is 2.42 bits per heavy atom. The van der Waals surface area contributed by atoms with Crippen LogP contribution in [0.1, 0.15) is 37.7 Å². The molecule has 0 radical (unpaired) electrons. The van der Waals surface area contributed by atoms with E-state index in [9.17, 15) is 4.79 Å². The molecular formula is C19H28N4O. The van der Waals surface area contributed by atoms with Gasteiger partial charge in [0.25, 0.3) is 0 Å². The smallest absolute Gasteiger partial charge is 0.223 e. The van der Waals surface area contributed by atoms with Gasteiger partial charge in [-0.15, -0.1) is 0 Å². The number of nitrogens with zero attached hydrogens (tertiary/aromatic N) is 1. The van der Waals surface area contributed by atoms with Gasteiger partial charge in [0.15, 0.2) is 5.96 Å². The Hall–Kier alpha value is -2.04. The van der Waals surface area contributed by atoms with E-state index in [4.69, 9.17) is 0 Å². The third-order valence-electron chi connectivity index (χ3n) is 5.18. The number of hydrogen-bond acceptors (Lipinski definition) is 2. The highest BCUT2D eigenvalue weighted by molar-refractivity contribution is 5.81. The quantitative estimate of drug-likeness (QED) is 0.406. The second kappa shape index (κ2) is 7.69. The van der Waals surface area contributed by atoms with Gasteiger partial charge in [0, 0.05) is 38.0 Å². The van der Waals surface area contributed by atoms with Gasteiger partial charge >= 0.3 is 0 Å². The molecule has 0 bridgehead atoms. The molecule has 5 nitrogen and oxygen atoms in total. The van der Waals surface area contributed by atoms with Gasteiger partial charge < -0.3 is 16.0 Å². The molecule has 0 heterocycles. The zero-order valence-corrected chi connectivity index (χ0v) is 14.5. The molecule has 0 unspecified atom stereocenters. The number of nitrogens with one attached hydrogen (secondary N) is 3. The van der Waals surface area contributed by atoms with E-state index in [-0.39, 0.29) is 17.2 Å². The van der Waals surface area contributed by atoms with Crippen molar-refractivity contribution in [1.82, 2.24) is 16.0 Å². The normalized spacial score (nSPS) is 19.3. The minimum atomic E-state index is 0.192. The summed E-state index contributed by atoms with van der Waals surface area (Å²) in [7, 11) is 1.79. The largest absolute Gasteiger partial charge is 0.356 e. The highest BCUT2D eigenvalue weighted by Crippen LogP contribution is 2.43. The fourth-order valence-electron chi connectivity index (χ4n) is 3.29. The third-order valence-corrected chi connectivity index (χ3v) is 5.18. The molecule has 0 aromatic heterocycles. The lowest BCUT2D eigenvalue weighted by atomic mass is 9.64. The molecule has 2 saturated carbocycles. The summed E-state index contributed by atoms with van der Waals surface area (Å²) < 4.78 is 0. The molecule has 130 valence electrons. The number of benzene rings is 1. The number of carbonyl (C=O) groups is 1. The van der Waals surface area contributed by atoms with E-state index in [1.807, 2.05) is 0 Å². The molecule has 1 amide bonds. The first-order valence-corrected chi connectivity index (χ1v) is 9.01. The molecule has 0 aliphatic heterocycles. The zero-order chi connectivity index (χ0) is 16.8. The van der Waals surface area contributed by atoms with Gasteiger partial charge in [-0.05, 0) is 31.2 Å². The number of guanidine groups is 1. The zero-order valence-electron chi connectivity index (χ0n) is 14.5. The molecule has 3 N–H and O–H groups in total. The summed E-state index contributed by atoms with van der Waals surface area (Å²) in [5, 5.41) is 9.70. The maximum Gasteiger partial charge on any atom is 0.223 e. The SMILES string of the molecule is CN=C(NCCNC(=O)C1CC1)NCC1(c2ccccc2)CCC1. The number of hydrogen-bond donors (Lipinski definition) is 3. The molecule has 0 atom stereocenters. The minimum absolute atomic E-state index is 0.192. The van der Waals surface area contributed by atoms with Crippen molar-refractivity contribution >= 4 is 11.9 Å². The van der Waals surface area contributed by atoms with E-state index >= 15 is 0 Å². The van der Waals surface area contributed by atoms with Crippen LogP contribution in [0.5, 0.6) is 0 Å². The summed E-state index contributed by atoms with van der Waals surface area (Å²) in [4.78, 5) is 15.9. The highest BCUT2D eigenvalue weighted by Gasteiger charge is 2.38. The van der Waals surface area contributed by atoms with Crippen molar-refractivity contribution < 1.29 is 4.79 Å². The van der Waals surface area contributed by atoms with Crippen molar-refractivity contribution in [3.63, 3.8) is 0 Å². The van der Waals surface area contributed by atoms with Crippen LogP contribution >= 0.6 is 0 Å². The number of carbonyl (C=O) groups excluding carboxylic acids is 1. The van der Waals surface area contributed by atoms with Gasteiger partial charge in [0.05, 0.1) is 0 Å². The molecule has 1 aromatic rings. The number of amides is 1. The van der Waals surface area contributed by atoms with Gasteiger partial charge in [-0.1, -0.05) is 36.8 Å². The number of rotatable bonds is 7. The summed E-state index contributed by atoms with van der Waals surface area (Å²) >= 11 is 0. The van der Waals surface area contributed by atoms with Gasteiger partial charge in [-0.25, -0.2) is 0 Å². The highest BCUT2D eigenvalue weighted by atomic mass is 16.2. The maximum absolute atomic E-state index is 11.6. The molecule has 1 aromatic carbocycles. The molecule has 3 rings (SSSR count). The van der Waals surface area contributed by atoms with E-state index in [0.717, 1.165) is 25.3 Å². The predicted octanol–water partition coefficient (Wildman–Crippen LogP) is 1.80. The van der Waals surface area contributed by atoms with Crippen LogP contribution in [0.4, 0.5) is 0 Å². The van der Waals surface area contributed by atoms with Crippen LogP contribution in [0.3, 0.4) is 0 Å². The van der Waals surface area contributed by atoms with E-state index in [1.165, 1.54) is 24.8 Å². The van der Waals surface area contributed by atoms with E-state index in [0.29, 0.717) is 13.1 Å². The summed E-state index contributed by atoms with van der Waals surface area (Å²) in [6.45, 7) is 2.22. The lowest BCUT2D eigenvalue weighted by Crippen LogP contribution is -2.49. The maximum atomic E-state index is 11.6. The van der Waals surface area contributed by atoms with Gasteiger partial charge in [-0.3, -0.25) is 9.79 Å². The van der Waals surface area contributed by atoms with Crippen molar-refractivity contribution in [3.8, 4) is 0 Å². The molecule has 24 heavy (non-hydrogen) atoms. The molecule has 2 aliphatic carbocycles. The lowest BCUT2D eigenvalue weighted by molar-refractivity contribution is -0.122.